The quantitative estimate of drug-likeness (QED) is 0.736. The summed E-state index contributed by atoms with van der Waals surface area (Å²) in [6.45, 7) is 5.75. The first-order valence-electron chi connectivity index (χ1n) is 5.51. The molecule has 4 heteroatoms. The molecule has 0 aliphatic heterocycles. The molecule has 0 aromatic carbocycles. The van der Waals surface area contributed by atoms with Gasteiger partial charge < -0.3 is 15.2 Å². The van der Waals surface area contributed by atoms with Crippen molar-refractivity contribution in [1.29, 1.82) is 0 Å². The number of aliphatic hydroxyl groups is 1. The van der Waals surface area contributed by atoms with Gasteiger partial charge in [0, 0.05) is 12.6 Å². The predicted molar refractivity (Wildman–Crippen MR) is 57.6 cm³/mol. The van der Waals surface area contributed by atoms with E-state index >= 15 is 0 Å². The van der Waals surface area contributed by atoms with E-state index in [9.17, 15) is 4.79 Å². The van der Waals surface area contributed by atoms with Crippen molar-refractivity contribution in [2.75, 3.05) is 6.61 Å². The van der Waals surface area contributed by atoms with Gasteiger partial charge in [-0.1, -0.05) is 0 Å². The lowest BCUT2D eigenvalue weighted by Crippen LogP contribution is -2.38. The molecule has 2 atom stereocenters. The highest BCUT2D eigenvalue weighted by Crippen LogP contribution is 2.25. The first-order chi connectivity index (χ1) is 6.90. The van der Waals surface area contributed by atoms with Gasteiger partial charge in [0.05, 0.1) is 0 Å². The number of nitrogens with one attached hydrogen (secondary N) is 1. The molecule has 0 saturated heterocycles. The first kappa shape index (κ1) is 12.3. The molecule has 0 bridgehead atoms. The fourth-order valence-electron chi connectivity index (χ4n) is 1.85. The zero-order valence-electron chi connectivity index (χ0n) is 9.75. The zero-order chi connectivity index (χ0) is 11.5. The van der Waals surface area contributed by atoms with Crippen molar-refractivity contribution >= 4 is 6.09 Å². The molecule has 0 aromatic heterocycles. The van der Waals surface area contributed by atoms with Gasteiger partial charge in [-0.05, 0) is 46.0 Å². The highest BCUT2D eigenvalue weighted by atomic mass is 16.6. The predicted octanol–water partition coefficient (Wildman–Crippen LogP) is 1.67. The molecular weight excluding hydrogens is 194 g/mol. The third kappa shape index (κ3) is 4.51. The maximum Gasteiger partial charge on any atom is 0.407 e. The molecule has 0 spiro atoms. The number of hydrogen-bond donors (Lipinski definition) is 2. The van der Waals surface area contributed by atoms with Crippen LogP contribution in [0.15, 0.2) is 0 Å². The molecule has 1 fully saturated rings. The Morgan fingerprint density at radius 2 is 2.13 bits per heavy atom. The average Bonchev–Trinajstić information content (AvgIpc) is 2.48. The summed E-state index contributed by atoms with van der Waals surface area (Å²) in [5.74, 6) is 0.338. The van der Waals surface area contributed by atoms with Crippen molar-refractivity contribution in [3.63, 3.8) is 0 Å². The van der Waals surface area contributed by atoms with Crippen molar-refractivity contribution in [2.45, 2.75) is 51.7 Å². The van der Waals surface area contributed by atoms with Crippen LogP contribution in [0.25, 0.3) is 0 Å². The van der Waals surface area contributed by atoms with Crippen LogP contribution >= 0.6 is 0 Å². The topological polar surface area (TPSA) is 58.6 Å². The second-order valence-corrected chi connectivity index (χ2v) is 5.20. The maximum atomic E-state index is 11.4. The largest absolute Gasteiger partial charge is 0.444 e. The lowest BCUT2D eigenvalue weighted by molar-refractivity contribution is 0.0503. The van der Waals surface area contributed by atoms with Gasteiger partial charge in [-0.25, -0.2) is 4.79 Å². The van der Waals surface area contributed by atoms with E-state index in [0.29, 0.717) is 5.92 Å². The highest BCUT2D eigenvalue weighted by Gasteiger charge is 2.26. The summed E-state index contributed by atoms with van der Waals surface area (Å²) in [6.07, 6.45) is 2.42. The average molecular weight is 215 g/mol. The molecule has 15 heavy (non-hydrogen) atoms. The Morgan fingerprint density at radius 3 is 2.60 bits per heavy atom. The Balaban J connectivity index is 2.28. The second kappa shape index (κ2) is 4.84. The van der Waals surface area contributed by atoms with Crippen LogP contribution in [0, 0.1) is 5.92 Å². The molecule has 4 nitrogen and oxygen atoms in total. The summed E-state index contributed by atoms with van der Waals surface area (Å²) in [6, 6.07) is 0.164. The third-order valence-electron chi connectivity index (χ3n) is 2.52. The maximum absolute atomic E-state index is 11.4. The van der Waals surface area contributed by atoms with Crippen molar-refractivity contribution in [3.05, 3.63) is 0 Å². The molecule has 1 aliphatic rings. The molecule has 2 unspecified atom stereocenters. The van der Waals surface area contributed by atoms with Crippen molar-refractivity contribution in [3.8, 4) is 0 Å². The van der Waals surface area contributed by atoms with E-state index in [0.717, 1.165) is 19.3 Å². The first-order valence-corrected chi connectivity index (χ1v) is 5.51. The smallest absolute Gasteiger partial charge is 0.407 e. The fourth-order valence-corrected chi connectivity index (χ4v) is 1.85. The Labute approximate surface area is 91.0 Å². The van der Waals surface area contributed by atoms with Crippen molar-refractivity contribution in [1.82, 2.24) is 5.32 Å². The van der Waals surface area contributed by atoms with Crippen LogP contribution in [0.1, 0.15) is 40.0 Å². The van der Waals surface area contributed by atoms with Crippen LogP contribution in [0.2, 0.25) is 0 Å². The highest BCUT2D eigenvalue weighted by molar-refractivity contribution is 5.68. The zero-order valence-corrected chi connectivity index (χ0v) is 9.75. The number of carbonyl (C=O) groups is 1. The Hall–Kier alpha value is -0.770. The summed E-state index contributed by atoms with van der Waals surface area (Å²) < 4.78 is 5.16. The molecule has 1 saturated carbocycles. The summed E-state index contributed by atoms with van der Waals surface area (Å²) in [7, 11) is 0. The molecule has 1 aliphatic carbocycles. The Kier molecular flexibility index (Phi) is 3.97. The van der Waals surface area contributed by atoms with Crippen LogP contribution in [0.3, 0.4) is 0 Å². The normalized spacial score (nSPS) is 26.4. The summed E-state index contributed by atoms with van der Waals surface area (Å²) >= 11 is 0. The summed E-state index contributed by atoms with van der Waals surface area (Å²) in [5, 5.41) is 11.8. The van der Waals surface area contributed by atoms with E-state index in [1.54, 1.807) is 0 Å². The number of carbonyl (C=O) groups excluding carboxylic acids is 1. The Morgan fingerprint density at radius 1 is 1.47 bits per heavy atom. The number of ether oxygens (including phenoxy) is 1. The van der Waals surface area contributed by atoms with E-state index in [1.165, 1.54) is 0 Å². The molecule has 88 valence electrons. The van der Waals surface area contributed by atoms with E-state index in [1.807, 2.05) is 20.8 Å². The molecule has 1 rings (SSSR count). The third-order valence-corrected chi connectivity index (χ3v) is 2.52. The SMILES string of the molecule is CC(C)(C)OC(=O)NC1CCC(CO)C1. The van der Waals surface area contributed by atoms with Crippen LogP contribution in [-0.2, 0) is 4.74 Å². The lowest BCUT2D eigenvalue weighted by Gasteiger charge is -2.21. The monoisotopic (exact) mass is 215 g/mol. The number of hydrogen-bond acceptors (Lipinski definition) is 3. The van der Waals surface area contributed by atoms with E-state index in [-0.39, 0.29) is 18.7 Å². The molecular formula is C11H21NO3. The van der Waals surface area contributed by atoms with Gasteiger partial charge >= 0.3 is 6.09 Å². The minimum Gasteiger partial charge on any atom is -0.444 e. The standard InChI is InChI=1S/C11H21NO3/c1-11(2,3)15-10(14)12-9-5-4-8(6-9)7-13/h8-9,13H,4-7H2,1-3H3,(H,12,14). The van der Waals surface area contributed by atoms with E-state index < -0.39 is 5.60 Å². The molecule has 0 aromatic rings. The van der Waals surface area contributed by atoms with Gasteiger partial charge in [0.1, 0.15) is 5.60 Å². The van der Waals surface area contributed by atoms with Crippen molar-refractivity contribution in [2.24, 2.45) is 5.92 Å². The number of aliphatic hydroxyl groups excluding tert-OH is 1. The Bertz CT molecular complexity index is 222. The minimum absolute atomic E-state index is 0.164. The van der Waals surface area contributed by atoms with Gasteiger partial charge in [0.15, 0.2) is 0 Å². The van der Waals surface area contributed by atoms with E-state index in [4.69, 9.17) is 9.84 Å². The molecule has 1 amide bonds. The number of amides is 1. The number of alkyl carbamates (subject to hydrolysis) is 1. The van der Waals surface area contributed by atoms with Crippen LogP contribution in [0.4, 0.5) is 4.79 Å². The van der Waals surface area contributed by atoms with E-state index in [2.05, 4.69) is 5.32 Å². The summed E-state index contributed by atoms with van der Waals surface area (Å²) in [4.78, 5) is 11.4. The molecule has 0 heterocycles. The van der Waals surface area contributed by atoms with Crippen LogP contribution < -0.4 is 5.32 Å². The lowest BCUT2D eigenvalue weighted by atomic mass is 10.1. The second-order valence-electron chi connectivity index (χ2n) is 5.20. The minimum atomic E-state index is -0.445. The fraction of sp³-hybridized carbons (Fsp3) is 0.909. The van der Waals surface area contributed by atoms with Crippen LogP contribution in [0.5, 0.6) is 0 Å². The van der Waals surface area contributed by atoms with Gasteiger partial charge in [0.25, 0.3) is 0 Å². The van der Waals surface area contributed by atoms with Crippen molar-refractivity contribution < 1.29 is 14.6 Å². The van der Waals surface area contributed by atoms with Gasteiger partial charge in [-0.2, -0.15) is 0 Å². The number of rotatable bonds is 2. The van der Waals surface area contributed by atoms with Crippen LogP contribution in [-0.4, -0.2) is 29.4 Å². The molecule has 0 radical (unpaired) electrons. The van der Waals surface area contributed by atoms with Gasteiger partial charge in [0.2, 0.25) is 0 Å². The van der Waals surface area contributed by atoms with Gasteiger partial charge in [-0.15, -0.1) is 0 Å². The summed E-state index contributed by atoms with van der Waals surface area (Å²) in [5.41, 5.74) is -0.445. The molecule has 2 N–H and O–H groups in total. The van der Waals surface area contributed by atoms with Gasteiger partial charge in [-0.3, -0.25) is 0 Å².